The van der Waals surface area contributed by atoms with E-state index in [-0.39, 0.29) is 42.5 Å². The highest BCUT2D eigenvalue weighted by Crippen LogP contribution is 2.33. The molecule has 3 aromatic heterocycles. The van der Waals surface area contributed by atoms with Gasteiger partial charge in [0, 0.05) is 27.9 Å². The van der Waals surface area contributed by atoms with Gasteiger partial charge < -0.3 is 10.6 Å². The maximum Gasteiger partial charge on any atom is 0.263 e. The summed E-state index contributed by atoms with van der Waals surface area (Å²) in [7, 11) is 0. The Morgan fingerprint density at radius 2 is 2.30 bits per heavy atom. The van der Waals surface area contributed by atoms with Crippen LogP contribution in [-0.2, 0) is 11.3 Å². The van der Waals surface area contributed by atoms with Crippen molar-refractivity contribution in [1.29, 1.82) is 0 Å². The first-order valence-electron chi connectivity index (χ1n) is 8.67. The molecule has 1 aliphatic heterocycles. The third-order valence-corrected chi connectivity index (χ3v) is 6.56. The Hall–Kier alpha value is -1.74. The molecular formula is C18H21ClN4O2S2. The van der Waals surface area contributed by atoms with Gasteiger partial charge in [0.15, 0.2) is 0 Å². The predicted molar refractivity (Wildman–Crippen MR) is 113 cm³/mol. The third-order valence-electron chi connectivity index (χ3n) is 4.77. The van der Waals surface area contributed by atoms with Crippen LogP contribution in [0.25, 0.3) is 20.7 Å². The number of nitrogens with zero attached hydrogens (tertiary/aromatic N) is 2. The second-order valence-corrected chi connectivity index (χ2v) is 8.35. The molecule has 1 fully saturated rings. The van der Waals surface area contributed by atoms with Crippen LogP contribution in [0.1, 0.15) is 19.8 Å². The van der Waals surface area contributed by atoms with Crippen LogP contribution in [0.3, 0.4) is 0 Å². The molecule has 2 atom stereocenters. The van der Waals surface area contributed by atoms with Crippen LogP contribution in [0.15, 0.2) is 34.0 Å². The molecule has 0 saturated carbocycles. The van der Waals surface area contributed by atoms with E-state index in [0.29, 0.717) is 10.2 Å². The summed E-state index contributed by atoms with van der Waals surface area (Å²) in [4.78, 5) is 31.5. The SMILES string of the molecule is CC1NCCCC1NC(=O)Cn1cnc2scc(-c3cccs3)c2c1=O.Cl. The number of halogens is 1. The van der Waals surface area contributed by atoms with Gasteiger partial charge in [0.2, 0.25) is 5.91 Å². The van der Waals surface area contributed by atoms with Gasteiger partial charge >= 0.3 is 0 Å². The first-order chi connectivity index (χ1) is 12.6. The summed E-state index contributed by atoms with van der Waals surface area (Å²) in [6, 6.07) is 4.30. The van der Waals surface area contributed by atoms with Crippen molar-refractivity contribution in [3.8, 4) is 10.4 Å². The van der Waals surface area contributed by atoms with E-state index < -0.39 is 0 Å². The van der Waals surface area contributed by atoms with Crippen LogP contribution in [0.5, 0.6) is 0 Å². The van der Waals surface area contributed by atoms with E-state index in [1.807, 2.05) is 22.9 Å². The molecule has 0 spiro atoms. The molecular weight excluding hydrogens is 404 g/mol. The third kappa shape index (κ3) is 4.08. The lowest BCUT2D eigenvalue weighted by atomic mass is 10.00. The summed E-state index contributed by atoms with van der Waals surface area (Å²) in [6.45, 7) is 3.05. The molecule has 4 heterocycles. The molecule has 1 aliphatic rings. The summed E-state index contributed by atoms with van der Waals surface area (Å²) in [5.41, 5.74) is 0.738. The first kappa shape index (κ1) is 20.0. The number of thiophene rings is 2. The fourth-order valence-electron chi connectivity index (χ4n) is 3.34. The van der Waals surface area contributed by atoms with E-state index in [0.717, 1.165) is 29.8 Å². The van der Waals surface area contributed by atoms with Crippen LogP contribution >= 0.6 is 35.1 Å². The minimum atomic E-state index is -0.162. The number of aromatic nitrogens is 2. The smallest absolute Gasteiger partial charge is 0.263 e. The van der Waals surface area contributed by atoms with Gasteiger partial charge in [-0.2, -0.15) is 0 Å². The van der Waals surface area contributed by atoms with E-state index in [9.17, 15) is 9.59 Å². The monoisotopic (exact) mass is 424 g/mol. The van der Waals surface area contributed by atoms with Gasteiger partial charge in [-0.3, -0.25) is 14.2 Å². The van der Waals surface area contributed by atoms with Crippen LogP contribution in [-0.4, -0.2) is 34.1 Å². The Morgan fingerprint density at radius 1 is 1.44 bits per heavy atom. The van der Waals surface area contributed by atoms with Gasteiger partial charge in [-0.05, 0) is 37.8 Å². The Kier molecular flexibility index (Phi) is 6.31. The fourth-order valence-corrected chi connectivity index (χ4v) is 5.06. The number of nitrogens with one attached hydrogen (secondary N) is 2. The number of hydrogen-bond donors (Lipinski definition) is 2. The second kappa shape index (κ2) is 8.52. The van der Waals surface area contributed by atoms with E-state index in [2.05, 4.69) is 22.5 Å². The van der Waals surface area contributed by atoms with E-state index in [4.69, 9.17) is 0 Å². The maximum absolute atomic E-state index is 12.9. The van der Waals surface area contributed by atoms with Crippen LogP contribution in [0.2, 0.25) is 0 Å². The topological polar surface area (TPSA) is 76.0 Å². The van der Waals surface area contributed by atoms with Gasteiger partial charge in [0.25, 0.3) is 5.56 Å². The molecule has 1 amide bonds. The molecule has 0 aromatic carbocycles. The van der Waals surface area contributed by atoms with Crippen molar-refractivity contribution >= 4 is 51.2 Å². The standard InChI is InChI=1S/C18H20N4O2S2.ClH/c1-11-13(4-2-6-19-11)21-15(23)8-22-10-20-17-16(18(22)24)12(9-26-17)14-5-3-7-25-14;/h3,5,7,9-11,13,19H,2,4,6,8H2,1H3,(H,21,23);1H. The zero-order valence-corrected chi connectivity index (χ0v) is 17.3. The average molecular weight is 425 g/mol. The van der Waals surface area contributed by atoms with Crippen LogP contribution in [0, 0.1) is 0 Å². The maximum atomic E-state index is 12.9. The number of carbonyl (C=O) groups is 1. The predicted octanol–water partition coefficient (Wildman–Crippen LogP) is 2.87. The zero-order valence-electron chi connectivity index (χ0n) is 14.8. The number of rotatable bonds is 4. The van der Waals surface area contributed by atoms with Gasteiger partial charge in [-0.15, -0.1) is 35.1 Å². The molecule has 1 saturated heterocycles. The lowest BCUT2D eigenvalue weighted by Crippen LogP contribution is -2.52. The molecule has 0 aliphatic carbocycles. The normalized spacial score (nSPS) is 19.6. The first-order valence-corrected chi connectivity index (χ1v) is 10.4. The van der Waals surface area contributed by atoms with Crippen molar-refractivity contribution in [2.45, 2.75) is 38.4 Å². The molecule has 2 N–H and O–H groups in total. The Morgan fingerprint density at radius 3 is 3.04 bits per heavy atom. The minimum Gasteiger partial charge on any atom is -0.350 e. The summed E-state index contributed by atoms with van der Waals surface area (Å²) in [5.74, 6) is -0.151. The minimum absolute atomic E-state index is 0. The molecule has 3 aromatic rings. The van der Waals surface area contributed by atoms with Crippen molar-refractivity contribution < 1.29 is 4.79 Å². The number of amides is 1. The zero-order chi connectivity index (χ0) is 18.1. The summed E-state index contributed by atoms with van der Waals surface area (Å²) in [6.07, 6.45) is 3.47. The molecule has 2 unspecified atom stereocenters. The number of carbonyl (C=O) groups excluding carboxylic acids is 1. The number of fused-ring (bicyclic) bond motifs is 1. The average Bonchev–Trinajstić information content (AvgIpc) is 3.29. The lowest BCUT2D eigenvalue weighted by molar-refractivity contribution is -0.122. The Balaban J connectivity index is 0.00000210. The van der Waals surface area contributed by atoms with E-state index in [1.54, 1.807) is 11.3 Å². The molecule has 9 heteroatoms. The van der Waals surface area contributed by atoms with Gasteiger partial charge in [0.1, 0.15) is 11.4 Å². The van der Waals surface area contributed by atoms with Crippen molar-refractivity contribution in [3.05, 3.63) is 39.6 Å². The fraction of sp³-hybridized carbons (Fsp3) is 0.389. The van der Waals surface area contributed by atoms with Gasteiger partial charge in [-0.25, -0.2) is 4.98 Å². The van der Waals surface area contributed by atoms with Crippen molar-refractivity contribution in [2.24, 2.45) is 0 Å². The van der Waals surface area contributed by atoms with Gasteiger partial charge in [-0.1, -0.05) is 6.07 Å². The quantitative estimate of drug-likeness (QED) is 0.675. The summed E-state index contributed by atoms with van der Waals surface area (Å²) in [5, 5.41) is 11.0. The molecule has 0 bridgehead atoms. The Bertz CT molecular complexity index is 983. The summed E-state index contributed by atoms with van der Waals surface area (Å²) < 4.78 is 1.41. The second-order valence-electron chi connectivity index (χ2n) is 6.54. The number of hydrogen-bond acceptors (Lipinski definition) is 6. The molecule has 27 heavy (non-hydrogen) atoms. The van der Waals surface area contributed by atoms with Crippen LogP contribution < -0.4 is 16.2 Å². The lowest BCUT2D eigenvalue weighted by Gasteiger charge is -2.30. The van der Waals surface area contributed by atoms with Crippen molar-refractivity contribution in [3.63, 3.8) is 0 Å². The van der Waals surface area contributed by atoms with Crippen molar-refractivity contribution in [2.75, 3.05) is 6.54 Å². The highest BCUT2D eigenvalue weighted by molar-refractivity contribution is 7.18. The van der Waals surface area contributed by atoms with E-state index in [1.165, 1.54) is 22.2 Å². The van der Waals surface area contributed by atoms with Crippen molar-refractivity contribution in [1.82, 2.24) is 20.2 Å². The summed E-state index contributed by atoms with van der Waals surface area (Å²) >= 11 is 3.05. The van der Waals surface area contributed by atoms with Gasteiger partial charge in [0.05, 0.1) is 11.7 Å². The number of piperidine rings is 1. The highest BCUT2D eigenvalue weighted by atomic mass is 35.5. The van der Waals surface area contributed by atoms with E-state index >= 15 is 0 Å². The molecule has 144 valence electrons. The Labute approximate surface area is 171 Å². The van der Waals surface area contributed by atoms with Crippen LogP contribution in [0.4, 0.5) is 0 Å². The molecule has 0 radical (unpaired) electrons. The largest absolute Gasteiger partial charge is 0.350 e. The highest BCUT2D eigenvalue weighted by Gasteiger charge is 2.23. The molecule has 6 nitrogen and oxygen atoms in total. The molecule has 4 rings (SSSR count).